The van der Waals surface area contributed by atoms with Crippen molar-refractivity contribution in [3.63, 3.8) is 0 Å². The number of nitrogens with zero attached hydrogens (tertiary/aromatic N) is 1. The number of H-pyrrole nitrogens is 1. The molecule has 0 atom stereocenters. The number of amides is 2. The van der Waals surface area contributed by atoms with Crippen molar-refractivity contribution in [1.82, 2.24) is 9.88 Å². The van der Waals surface area contributed by atoms with Crippen LogP contribution in [0.25, 0.3) is 10.9 Å². The van der Waals surface area contributed by atoms with Gasteiger partial charge in [-0.1, -0.05) is 0 Å². The molecule has 0 fully saturated rings. The van der Waals surface area contributed by atoms with Crippen molar-refractivity contribution in [3.8, 4) is 5.75 Å². The highest BCUT2D eigenvalue weighted by Gasteiger charge is 2.14. The summed E-state index contributed by atoms with van der Waals surface area (Å²) < 4.78 is 5.34. The van der Waals surface area contributed by atoms with Crippen LogP contribution in [0.2, 0.25) is 0 Å². The van der Waals surface area contributed by atoms with Crippen LogP contribution in [-0.2, 0) is 0 Å². The Hall–Kier alpha value is -3.28. The zero-order chi connectivity index (χ0) is 20.3. The van der Waals surface area contributed by atoms with Crippen LogP contribution in [0, 0.1) is 13.8 Å². The summed E-state index contributed by atoms with van der Waals surface area (Å²) in [6.07, 6.45) is 1.53. The maximum Gasteiger partial charge on any atom is 0.415 e. The van der Waals surface area contributed by atoms with Crippen molar-refractivity contribution in [3.05, 3.63) is 59.3 Å². The molecule has 0 unspecified atom stereocenters. The summed E-state index contributed by atoms with van der Waals surface area (Å²) in [6.45, 7) is 8.99. The highest BCUT2D eigenvalue weighted by molar-refractivity contribution is 6.09. The number of carbonyl (C=O) groups is 2. The second-order valence-corrected chi connectivity index (χ2v) is 6.73. The quantitative estimate of drug-likeness (QED) is 0.664. The van der Waals surface area contributed by atoms with E-state index in [9.17, 15) is 9.59 Å². The fourth-order valence-electron chi connectivity index (χ4n) is 3.13. The van der Waals surface area contributed by atoms with E-state index in [2.05, 4.69) is 16.4 Å². The minimum Gasteiger partial charge on any atom is -0.410 e. The van der Waals surface area contributed by atoms with E-state index in [1.165, 1.54) is 0 Å². The Balaban J connectivity index is 1.75. The molecule has 28 heavy (non-hydrogen) atoms. The third-order valence-electron chi connectivity index (χ3n) is 4.73. The molecule has 0 aliphatic carbocycles. The summed E-state index contributed by atoms with van der Waals surface area (Å²) in [4.78, 5) is 29.5. The number of anilines is 1. The van der Waals surface area contributed by atoms with Gasteiger partial charge in [0.2, 0.25) is 0 Å². The summed E-state index contributed by atoms with van der Waals surface area (Å²) in [5, 5.41) is 4.06. The first-order valence-corrected chi connectivity index (χ1v) is 9.39. The lowest BCUT2D eigenvalue weighted by atomic mass is 10.1. The lowest BCUT2D eigenvalue weighted by Crippen LogP contribution is -2.33. The summed E-state index contributed by atoms with van der Waals surface area (Å²) >= 11 is 0. The van der Waals surface area contributed by atoms with Gasteiger partial charge in [0.25, 0.3) is 5.91 Å². The zero-order valence-corrected chi connectivity index (χ0v) is 16.6. The minimum absolute atomic E-state index is 0.222. The van der Waals surface area contributed by atoms with Crippen LogP contribution in [-0.4, -0.2) is 35.0 Å². The predicted octanol–water partition coefficient (Wildman–Crippen LogP) is 4.88. The molecule has 6 nitrogen and oxygen atoms in total. The van der Waals surface area contributed by atoms with Gasteiger partial charge in [-0.15, -0.1) is 0 Å². The maximum atomic E-state index is 12.7. The summed E-state index contributed by atoms with van der Waals surface area (Å²) in [5.74, 6) is 0.187. The van der Waals surface area contributed by atoms with Gasteiger partial charge >= 0.3 is 6.09 Å². The number of ether oxygens (including phenoxy) is 1. The van der Waals surface area contributed by atoms with E-state index in [1.54, 1.807) is 29.2 Å². The standard InChI is InChI=1S/C22H25N3O3/c1-5-25(6-2)22(27)28-17-9-7-16(8-10-17)21(26)24-19-12-14(3)11-18-15(4)13-23-20(18)19/h7-13,23H,5-6H2,1-4H3,(H,24,26). The molecular weight excluding hydrogens is 354 g/mol. The fraction of sp³-hybridized carbons (Fsp3) is 0.273. The van der Waals surface area contributed by atoms with E-state index in [0.717, 1.165) is 27.7 Å². The Morgan fingerprint density at radius 1 is 1.07 bits per heavy atom. The SMILES string of the molecule is CCN(CC)C(=O)Oc1ccc(C(=O)Nc2cc(C)cc3c(C)c[nH]c23)cc1. The van der Waals surface area contributed by atoms with Crippen molar-refractivity contribution in [2.75, 3.05) is 18.4 Å². The van der Waals surface area contributed by atoms with Gasteiger partial charge in [-0.2, -0.15) is 0 Å². The maximum absolute atomic E-state index is 12.7. The first-order valence-electron chi connectivity index (χ1n) is 9.39. The Labute approximate surface area is 164 Å². The highest BCUT2D eigenvalue weighted by Crippen LogP contribution is 2.27. The van der Waals surface area contributed by atoms with Crippen molar-refractivity contribution in [2.24, 2.45) is 0 Å². The number of aromatic nitrogens is 1. The van der Waals surface area contributed by atoms with Crippen molar-refractivity contribution in [2.45, 2.75) is 27.7 Å². The topological polar surface area (TPSA) is 74.4 Å². The van der Waals surface area contributed by atoms with Crippen LogP contribution in [0.1, 0.15) is 35.3 Å². The third kappa shape index (κ3) is 4.01. The van der Waals surface area contributed by atoms with Crippen LogP contribution < -0.4 is 10.1 Å². The zero-order valence-electron chi connectivity index (χ0n) is 16.6. The Bertz CT molecular complexity index is 1000. The molecule has 0 aliphatic rings. The fourth-order valence-corrected chi connectivity index (χ4v) is 3.13. The molecule has 146 valence electrons. The van der Waals surface area contributed by atoms with Crippen LogP contribution in [0.15, 0.2) is 42.6 Å². The molecule has 0 spiro atoms. The molecule has 0 saturated heterocycles. The average Bonchev–Trinajstić information content (AvgIpc) is 3.04. The molecule has 0 saturated carbocycles. The smallest absolute Gasteiger partial charge is 0.410 e. The minimum atomic E-state index is -0.397. The number of hydrogen-bond donors (Lipinski definition) is 2. The van der Waals surface area contributed by atoms with E-state index in [4.69, 9.17) is 4.74 Å². The lowest BCUT2D eigenvalue weighted by molar-refractivity contribution is 0.102. The summed E-state index contributed by atoms with van der Waals surface area (Å²) in [6, 6.07) is 10.6. The number of nitrogens with one attached hydrogen (secondary N) is 2. The van der Waals surface area contributed by atoms with Gasteiger partial charge in [-0.25, -0.2) is 4.79 Å². The average molecular weight is 379 g/mol. The highest BCUT2D eigenvalue weighted by atomic mass is 16.6. The van der Waals surface area contributed by atoms with Crippen LogP contribution in [0.4, 0.5) is 10.5 Å². The lowest BCUT2D eigenvalue weighted by Gasteiger charge is -2.17. The van der Waals surface area contributed by atoms with Gasteiger partial charge < -0.3 is 19.9 Å². The first kappa shape index (κ1) is 19.5. The van der Waals surface area contributed by atoms with E-state index in [0.29, 0.717) is 24.4 Å². The number of rotatable bonds is 5. The first-order chi connectivity index (χ1) is 13.4. The van der Waals surface area contributed by atoms with E-state index < -0.39 is 6.09 Å². The van der Waals surface area contributed by atoms with E-state index in [-0.39, 0.29) is 5.91 Å². The molecule has 3 aromatic rings. The van der Waals surface area contributed by atoms with Crippen molar-refractivity contribution >= 4 is 28.6 Å². The third-order valence-corrected chi connectivity index (χ3v) is 4.73. The molecule has 3 rings (SSSR count). The predicted molar refractivity (Wildman–Crippen MR) is 111 cm³/mol. The van der Waals surface area contributed by atoms with Crippen molar-refractivity contribution < 1.29 is 14.3 Å². The van der Waals surface area contributed by atoms with Gasteiger partial charge in [0, 0.05) is 30.2 Å². The normalized spacial score (nSPS) is 10.7. The van der Waals surface area contributed by atoms with Gasteiger partial charge in [0.05, 0.1) is 11.2 Å². The second kappa shape index (κ2) is 8.17. The van der Waals surface area contributed by atoms with Gasteiger partial charge in [-0.3, -0.25) is 4.79 Å². The molecule has 6 heteroatoms. The molecular formula is C22H25N3O3. The van der Waals surface area contributed by atoms with Gasteiger partial charge in [0.1, 0.15) is 5.75 Å². The Kier molecular flexibility index (Phi) is 5.68. The van der Waals surface area contributed by atoms with Gasteiger partial charge in [0.15, 0.2) is 0 Å². The molecule has 1 heterocycles. The van der Waals surface area contributed by atoms with Gasteiger partial charge in [-0.05, 0) is 75.2 Å². The monoisotopic (exact) mass is 379 g/mol. The number of aryl methyl sites for hydroxylation is 2. The molecule has 0 aliphatic heterocycles. The number of fused-ring (bicyclic) bond motifs is 1. The Morgan fingerprint density at radius 3 is 2.39 bits per heavy atom. The largest absolute Gasteiger partial charge is 0.415 e. The van der Waals surface area contributed by atoms with Crippen molar-refractivity contribution in [1.29, 1.82) is 0 Å². The summed E-state index contributed by atoms with van der Waals surface area (Å²) in [7, 11) is 0. The molecule has 0 radical (unpaired) electrons. The number of aromatic amines is 1. The second-order valence-electron chi connectivity index (χ2n) is 6.73. The molecule has 0 bridgehead atoms. The van der Waals surface area contributed by atoms with E-state index >= 15 is 0 Å². The van der Waals surface area contributed by atoms with E-state index in [1.807, 2.05) is 40.0 Å². The Morgan fingerprint density at radius 2 is 1.75 bits per heavy atom. The van der Waals surface area contributed by atoms with Crippen LogP contribution in [0.5, 0.6) is 5.75 Å². The molecule has 2 N–H and O–H groups in total. The molecule has 2 aromatic carbocycles. The molecule has 1 aromatic heterocycles. The number of carbonyl (C=O) groups excluding carboxylic acids is 2. The van der Waals surface area contributed by atoms with Crippen LogP contribution in [0.3, 0.4) is 0 Å². The van der Waals surface area contributed by atoms with Crippen LogP contribution >= 0.6 is 0 Å². The number of hydrogen-bond acceptors (Lipinski definition) is 3. The molecule has 2 amide bonds. The summed E-state index contributed by atoms with van der Waals surface area (Å²) in [5.41, 5.74) is 4.34. The number of benzene rings is 2.